The zero-order chi connectivity index (χ0) is 24.0. The van der Waals surface area contributed by atoms with Crippen molar-refractivity contribution in [1.29, 1.82) is 0 Å². The summed E-state index contributed by atoms with van der Waals surface area (Å²) in [5.41, 5.74) is 0.639. The van der Waals surface area contributed by atoms with Gasteiger partial charge in [0, 0.05) is 16.7 Å². The van der Waals surface area contributed by atoms with Gasteiger partial charge in [0.2, 0.25) is 5.91 Å². The molecule has 0 saturated heterocycles. The second-order valence-electron chi connectivity index (χ2n) is 7.75. The van der Waals surface area contributed by atoms with Crippen molar-refractivity contribution in [1.82, 2.24) is 14.8 Å². The lowest BCUT2D eigenvalue weighted by Crippen LogP contribution is -2.17. The number of methoxy groups -OCH3 is 1. The number of ether oxygens (including phenoxy) is 2. The zero-order valence-corrected chi connectivity index (χ0v) is 22.0. The summed E-state index contributed by atoms with van der Waals surface area (Å²) in [6.45, 7) is 6.89. The number of hydrogen-bond donors (Lipinski definition) is 1. The maximum Gasteiger partial charge on any atom is 0.234 e. The quantitative estimate of drug-likeness (QED) is 0.300. The van der Waals surface area contributed by atoms with Gasteiger partial charge >= 0.3 is 0 Å². The van der Waals surface area contributed by atoms with Crippen molar-refractivity contribution in [3.8, 4) is 11.5 Å². The molecule has 1 aromatic heterocycles. The standard InChI is InChI=1S/C23H26BrClN4O3S/c1-14(2)12-29-22(15(3)32-18-8-6-17(31-4)7-9-18)27-28-23(29)33-13-21(30)26-16-5-10-19(24)20(25)11-16/h5-11,14-15H,12-13H2,1-4H3,(H,26,30). The van der Waals surface area contributed by atoms with Crippen molar-refractivity contribution >= 4 is 50.9 Å². The average molecular weight is 554 g/mol. The van der Waals surface area contributed by atoms with E-state index >= 15 is 0 Å². The van der Waals surface area contributed by atoms with Gasteiger partial charge in [0.15, 0.2) is 17.1 Å². The van der Waals surface area contributed by atoms with E-state index in [1.54, 1.807) is 25.3 Å². The molecule has 3 rings (SSSR count). The highest BCUT2D eigenvalue weighted by Gasteiger charge is 2.21. The van der Waals surface area contributed by atoms with Gasteiger partial charge in [0.05, 0.1) is 17.9 Å². The van der Waals surface area contributed by atoms with E-state index < -0.39 is 0 Å². The Kier molecular flexibility index (Phi) is 9.05. The molecule has 1 heterocycles. The SMILES string of the molecule is COc1ccc(OC(C)c2nnc(SCC(=O)Nc3ccc(Br)c(Cl)c3)n2CC(C)C)cc1. The number of halogens is 2. The lowest BCUT2D eigenvalue weighted by molar-refractivity contribution is -0.113. The van der Waals surface area contributed by atoms with Crippen molar-refractivity contribution < 1.29 is 14.3 Å². The van der Waals surface area contributed by atoms with Gasteiger partial charge in [-0.1, -0.05) is 37.2 Å². The number of amides is 1. The molecule has 2 aromatic carbocycles. The molecule has 1 unspecified atom stereocenters. The minimum atomic E-state index is -0.322. The van der Waals surface area contributed by atoms with Crippen molar-refractivity contribution in [3.63, 3.8) is 0 Å². The first-order chi connectivity index (χ1) is 15.8. The summed E-state index contributed by atoms with van der Waals surface area (Å²) >= 11 is 10.8. The summed E-state index contributed by atoms with van der Waals surface area (Å²) < 4.78 is 14.1. The molecule has 0 radical (unpaired) electrons. The molecule has 1 atom stereocenters. The van der Waals surface area contributed by atoms with E-state index in [4.69, 9.17) is 21.1 Å². The zero-order valence-electron chi connectivity index (χ0n) is 18.8. The Morgan fingerprint density at radius 3 is 2.48 bits per heavy atom. The lowest BCUT2D eigenvalue weighted by Gasteiger charge is -2.18. The van der Waals surface area contributed by atoms with E-state index in [1.807, 2.05) is 35.8 Å². The topological polar surface area (TPSA) is 78.3 Å². The van der Waals surface area contributed by atoms with E-state index in [-0.39, 0.29) is 17.8 Å². The highest BCUT2D eigenvalue weighted by atomic mass is 79.9. The van der Waals surface area contributed by atoms with Crippen LogP contribution in [0.25, 0.3) is 0 Å². The molecule has 0 spiro atoms. The summed E-state index contributed by atoms with van der Waals surface area (Å²) in [6.07, 6.45) is -0.322. The molecule has 1 N–H and O–H groups in total. The number of aromatic nitrogens is 3. The molecule has 0 saturated carbocycles. The fraction of sp³-hybridized carbons (Fsp3) is 0.348. The predicted molar refractivity (Wildman–Crippen MR) is 135 cm³/mol. The Balaban J connectivity index is 1.68. The van der Waals surface area contributed by atoms with Crippen LogP contribution in [0.2, 0.25) is 5.02 Å². The maximum absolute atomic E-state index is 12.5. The Bertz CT molecular complexity index is 1090. The number of carbonyl (C=O) groups excluding carboxylic acids is 1. The molecular weight excluding hydrogens is 528 g/mol. The summed E-state index contributed by atoms with van der Waals surface area (Å²) in [5.74, 6) is 2.59. The molecule has 0 aliphatic carbocycles. The molecule has 7 nitrogen and oxygen atoms in total. The van der Waals surface area contributed by atoms with Crippen LogP contribution in [0.3, 0.4) is 0 Å². The van der Waals surface area contributed by atoms with Crippen LogP contribution >= 0.6 is 39.3 Å². The smallest absolute Gasteiger partial charge is 0.234 e. The number of hydrogen-bond acceptors (Lipinski definition) is 6. The molecule has 0 bridgehead atoms. The Labute approximate surface area is 211 Å². The van der Waals surface area contributed by atoms with Crippen LogP contribution in [0.1, 0.15) is 32.7 Å². The first-order valence-corrected chi connectivity index (χ1v) is 12.5. The maximum atomic E-state index is 12.5. The van der Waals surface area contributed by atoms with Gasteiger partial charge in [-0.2, -0.15) is 0 Å². The Morgan fingerprint density at radius 1 is 1.15 bits per heavy atom. The van der Waals surface area contributed by atoms with Gasteiger partial charge in [-0.25, -0.2) is 0 Å². The van der Waals surface area contributed by atoms with E-state index in [0.29, 0.717) is 39.9 Å². The van der Waals surface area contributed by atoms with Gasteiger partial charge in [-0.05, 0) is 71.2 Å². The number of carbonyl (C=O) groups is 1. The third-order valence-corrected chi connectivity index (χ3v) is 6.76. The fourth-order valence-corrected chi connectivity index (χ4v) is 4.24. The number of rotatable bonds is 10. The van der Waals surface area contributed by atoms with Crippen LogP contribution in [0.4, 0.5) is 5.69 Å². The third kappa shape index (κ3) is 7.12. The molecule has 0 aliphatic heterocycles. The fourth-order valence-electron chi connectivity index (χ4n) is 3.06. The summed E-state index contributed by atoms with van der Waals surface area (Å²) in [7, 11) is 1.63. The summed E-state index contributed by atoms with van der Waals surface area (Å²) in [4.78, 5) is 12.5. The largest absolute Gasteiger partial charge is 0.497 e. The van der Waals surface area contributed by atoms with Crippen molar-refractivity contribution in [2.45, 2.75) is 38.6 Å². The highest BCUT2D eigenvalue weighted by Crippen LogP contribution is 2.28. The van der Waals surface area contributed by atoms with E-state index in [2.05, 4.69) is 45.3 Å². The van der Waals surface area contributed by atoms with Gasteiger partial charge < -0.3 is 19.4 Å². The van der Waals surface area contributed by atoms with Crippen LogP contribution < -0.4 is 14.8 Å². The van der Waals surface area contributed by atoms with Crippen LogP contribution in [-0.4, -0.2) is 33.5 Å². The summed E-state index contributed by atoms with van der Waals surface area (Å²) in [5, 5.41) is 12.8. The average Bonchev–Trinajstić information content (AvgIpc) is 3.17. The normalized spacial score (nSPS) is 12.0. The van der Waals surface area contributed by atoms with Crippen molar-refractivity contribution in [3.05, 3.63) is 57.8 Å². The first kappa shape index (κ1) is 25.4. The molecule has 33 heavy (non-hydrogen) atoms. The van der Waals surface area contributed by atoms with Crippen LogP contribution in [-0.2, 0) is 11.3 Å². The number of anilines is 1. The number of nitrogens with zero attached hydrogens (tertiary/aromatic N) is 3. The van der Waals surface area contributed by atoms with Crippen molar-refractivity contribution in [2.24, 2.45) is 5.92 Å². The van der Waals surface area contributed by atoms with Crippen LogP contribution in [0.15, 0.2) is 52.1 Å². The lowest BCUT2D eigenvalue weighted by atomic mass is 10.2. The predicted octanol–water partition coefficient (Wildman–Crippen LogP) is 6.23. The minimum Gasteiger partial charge on any atom is -0.497 e. The second-order valence-corrected chi connectivity index (χ2v) is 9.95. The van der Waals surface area contributed by atoms with E-state index in [1.165, 1.54) is 11.8 Å². The van der Waals surface area contributed by atoms with E-state index in [9.17, 15) is 4.79 Å². The van der Waals surface area contributed by atoms with Crippen LogP contribution in [0, 0.1) is 5.92 Å². The molecule has 176 valence electrons. The van der Waals surface area contributed by atoms with Gasteiger partial charge in [0.25, 0.3) is 0 Å². The molecule has 0 fully saturated rings. The van der Waals surface area contributed by atoms with Gasteiger partial charge in [-0.3, -0.25) is 4.79 Å². The monoisotopic (exact) mass is 552 g/mol. The number of benzene rings is 2. The molecule has 0 aliphatic rings. The number of thioether (sulfide) groups is 1. The Hall–Kier alpha value is -2.23. The van der Waals surface area contributed by atoms with Crippen molar-refractivity contribution in [2.75, 3.05) is 18.2 Å². The third-order valence-electron chi connectivity index (χ3n) is 4.56. The second kappa shape index (κ2) is 11.8. The molecule has 3 aromatic rings. The van der Waals surface area contributed by atoms with Gasteiger partial charge in [-0.15, -0.1) is 10.2 Å². The van der Waals surface area contributed by atoms with Crippen LogP contribution in [0.5, 0.6) is 11.5 Å². The number of nitrogens with one attached hydrogen (secondary N) is 1. The molecular formula is C23H26BrClN4O3S. The minimum absolute atomic E-state index is 0.151. The molecule has 10 heteroatoms. The Morgan fingerprint density at radius 2 is 1.85 bits per heavy atom. The summed E-state index contributed by atoms with van der Waals surface area (Å²) in [6, 6.07) is 12.7. The van der Waals surface area contributed by atoms with E-state index in [0.717, 1.165) is 10.2 Å². The molecule has 1 amide bonds. The first-order valence-electron chi connectivity index (χ1n) is 10.4. The highest BCUT2D eigenvalue weighted by molar-refractivity contribution is 9.10. The van der Waals surface area contributed by atoms with Gasteiger partial charge in [0.1, 0.15) is 11.5 Å².